The van der Waals surface area contributed by atoms with Gasteiger partial charge in [-0.2, -0.15) is 13.2 Å². The molecule has 0 aliphatic carbocycles. The van der Waals surface area contributed by atoms with Crippen LogP contribution in [0.5, 0.6) is 0 Å². The molecule has 2 fully saturated rings. The Morgan fingerprint density at radius 1 is 1.08 bits per heavy atom. The third-order valence-corrected chi connectivity index (χ3v) is 5.02. The number of amides is 1. The number of hydrogen-bond donors (Lipinski definition) is 0. The predicted octanol–water partition coefficient (Wildman–Crippen LogP) is 3.02. The Balaban J connectivity index is 1.78. The highest BCUT2D eigenvalue weighted by atomic mass is 35.5. The van der Waals surface area contributed by atoms with Crippen LogP contribution in [0.4, 0.5) is 23.7 Å². The number of carbonyl (C=O) groups excluding carboxylic acids is 1. The number of benzene rings is 1. The van der Waals surface area contributed by atoms with E-state index in [4.69, 9.17) is 16.3 Å². The number of carbonyl (C=O) groups is 1. The van der Waals surface area contributed by atoms with Gasteiger partial charge in [0.2, 0.25) is 0 Å². The molecule has 0 atom stereocenters. The second-order valence-electron chi connectivity index (χ2n) is 6.46. The molecule has 0 aromatic heterocycles. The molecule has 0 bridgehead atoms. The SMILES string of the molecule is O=C(Cl)N1CCN(Cc2ccc(C(F)(F)F)cc2N2CCOCC2)CC1. The summed E-state index contributed by atoms with van der Waals surface area (Å²) in [5.41, 5.74) is 0.824. The van der Waals surface area contributed by atoms with Crippen molar-refractivity contribution in [2.45, 2.75) is 12.7 Å². The van der Waals surface area contributed by atoms with Gasteiger partial charge < -0.3 is 14.5 Å². The van der Waals surface area contributed by atoms with Gasteiger partial charge in [0.25, 0.3) is 0 Å². The van der Waals surface area contributed by atoms with E-state index in [1.54, 1.807) is 11.0 Å². The number of alkyl halides is 3. The normalized spacial score (nSPS) is 19.7. The van der Waals surface area contributed by atoms with Gasteiger partial charge in [0, 0.05) is 51.5 Å². The van der Waals surface area contributed by atoms with E-state index in [-0.39, 0.29) is 0 Å². The Labute approximate surface area is 155 Å². The second kappa shape index (κ2) is 8.02. The number of rotatable bonds is 3. The van der Waals surface area contributed by atoms with E-state index in [2.05, 4.69) is 4.90 Å². The first-order valence-electron chi connectivity index (χ1n) is 8.54. The molecule has 1 amide bonds. The van der Waals surface area contributed by atoms with Crippen LogP contribution in [0.15, 0.2) is 18.2 Å². The fraction of sp³-hybridized carbons (Fsp3) is 0.588. The molecule has 0 radical (unpaired) electrons. The van der Waals surface area contributed by atoms with Crippen LogP contribution in [0, 0.1) is 0 Å². The number of halogens is 4. The molecular formula is C17H21ClF3N3O2. The summed E-state index contributed by atoms with van der Waals surface area (Å²) in [5.74, 6) is 0. The molecule has 2 saturated heterocycles. The van der Waals surface area contributed by atoms with Crippen molar-refractivity contribution < 1.29 is 22.7 Å². The molecule has 2 heterocycles. The molecule has 0 saturated carbocycles. The molecule has 9 heteroatoms. The van der Waals surface area contributed by atoms with E-state index in [1.807, 2.05) is 4.90 Å². The number of piperazine rings is 1. The molecule has 26 heavy (non-hydrogen) atoms. The van der Waals surface area contributed by atoms with E-state index in [9.17, 15) is 18.0 Å². The van der Waals surface area contributed by atoms with E-state index >= 15 is 0 Å². The lowest BCUT2D eigenvalue weighted by Gasteiger charge is -2.35. The first-order valence-corrected chi connectivity index (χ1v) is 8.92. The Bertz CT molecular complexity index is 643. The van der Waals surface area contributed by atoms with E-state index < -0.39 is 17.1 Å². The highest BCUT2D eigenvalue weighted by Crippen LogP contribution is 2.34. The van der Waals surface area contributed by atoms with Crippen molar-refractivity contribution in [1.29, 1.82) is 0 Å². The lowest BCUT2D eigenvalue weighted by Crippen LogP contribution is -2.47. The molecule has 2 aliphatic heterocycles. The third kappa shape index (κ3) is 4.61. The van der Waals surface area contributed by atoms with E-state index in [1.165, 1.54) is 6.07 Å². The third-order valence-electron chi connectivity index (χ3n) is 4.78. The van der Waals surface area contributed by atoms with Crippen molar-refractivity contribution >= 4 is 22.7 Å². The molecule has 0 spiro atoms. The minimum Gasteiger partial charge on any atom is -0.378 e. The fourth-order valence-electron chi connectivity index (χ4n) is 3.30. The molecule has 1 aromatic carbocycles. The zero-order valence-corrected chi connectivity index (χ0v) is 15.0. The summed E-state index contributed by atoms with van der Waals surface area (Å²) < 4.78 is 44.7. The molecule has 1 aromatic rings. The summed E-state index contributed by atoms with van der Waals surface area (Å²) in [6.07, 6.45) is -4.37. The minimum absolute atomic E-state index is 0.465. The van der Waals surface area contributed by atoms with Gasteiger partial charge in [0.15, 0.2) is 0 Å². The molecule has 5 nitrogen and oxygen atoms in total. The average molecular weight is 392 g/mol. The number of anilines is 1. The predicted molar refractivity (Wildman–Crippen MR) is 92.6 cm³/mol. The smallest absolute Gasteiger partial charge is 0.378 e. The highest BCUT2D eigenvalue weighted by Gasteiger charge is 2.32. The minimum atomic E-state index is -4.37. The Morgan fingerprint density at radius 3 is 2.31 bits per heavy atom. The van der Waals surface area contributed by atoms with Crippen LogP contribution >= 0.6 is 11.6 Å². The zero-order valence-electron chi connectivity index (χ0n) is 14.3. The average Bonchev–Trinajstić information content (AvgIpc) is 2.62. The zero-order chi connectivity index (χ0) is 18.7. The summed E-state index contributed by atoms with van der Waals surface area (Å²) in [7, 11) is 0. The van der Waals surface area contributed by atoms with Gasteiger partial charge in [-0.05, 0) is 29.3 Å². The maximum absolute atomic E-state index is 13.1. The molecular weight excluding hydrogens is 371 g/mol. The van der Waals surface area contributed by atoms with Crippen molar-refractivity contribution in [3.63, 3.8) is 0 Å². The van der Waals surface area contributed by atoms with Crippen molar-refractivity contribution in [2.75, 3.05) is 57.4 Å². The number of hydrogen-bond acceptors (Lipinski definition) is 4. The Hall–Kier alpha value is -1.51. The molecule has 144 valence electrons. The first-order chi connectivity index (χ1) is 12.3. The van der Waals surface area contributed by atoms with Crippen LogP contribution in [-0.2, 0) is 17.5 Å². The van der Waals surface area contributed by atoms with E-state index in [0.717, 1.165) is 11.6 Å². The van der Waals surface area contributed by atoms with Gasteiger partial charge in [-0.3, -0.25) is 9.69 Å². The quantitative estimate of drug-likeness (QED) is 0.586. The topological polar surface area (TPSA) is 36.0 Å². The standard InChI is InChI=1S/C17H21ClF3N3O2/c18-16(25)24-5-3-22(4-6-24)12-13-1-2-14(17(19,20)21)11-15(13)23-7-9-26-10-8-23/h1-2,11H,3-10,12H2. The highest BCUT2D eigenvalue weighted by molar-refractivity contribution is 6.62. The van der Waals surface area contributed by atoms with Crippen LogP contribution in [0.3, 0.4) is 0 Å². The Morgan fingerprint density at radius 2 is 1.73 bits per heavy atom. The van der Waals surface area contributed by atoms with Crippen LogP contribution in [0.1, 0.15) is 11.1 Å². The van der Waals surface area contributed by atoms with Crippen LogP contribution in [0.2, 0.25) is 0 Å². The van der Waals surface area contributed by atoms with Crippen molar-refractivity contribution in [3.05, 3.63) is 29.3 Å². The Kier molecular flexibility index (Phi) is 5.94. The summed E-state index contributed by atoms with van der Waals surface area (Å²) >= 11 is 5.49. The van der Waals surface area contributed by atoms with Gasteiger partial charge in [-0.25, -0.2) is 0 Å². The van der Waals surface area contributed by atoms with Gasteiger partial charge in [-0.1, -0.05) is 6.07 Å². The van der Waals surface area contributed by atoms with Crippen LogP contribution in [0.25, 0.3) is 0 Å². The van der Waals surface area contributed by atoms with E-state index in [0.29, 0.717) is 64.7 Å². The first kappa shape index (κ1) is 19.3. The monoisotopic (exact) mass is 391 g/mol. The second-order valence-corrected chi connectivity index (χ2v) is 6.78. The van der Waals surface area contributed by atoms with Gasteiger partial charge in [0.1, 0.15) is 0 Å². The van der Waals surface area contributed by atoms with Crippen LogP contribution in [-0.4, -0.2) is 67.6 Å². The summed E-state index contributed by atoms with van der Waals surface area (Å²) in [6.45, 7) is 5.02. The van der Waals surface area contributed by atoms with Crippen molar-refractivity contribution in [3.8, 4) is 0 Å². The largest absolute Gasteiger partial charge is 0.416 e. The molecule has 3 rings (SSSR count). The van der Waals surface area contributed by atoms with Crippen molar-refractivity contribution in [1.82, 2.24) is 9.80 Å². The molecule has 0 unspecified atom stereocenters. The van der Waals surface area contributed by atoms with Gasteiger partial charge >= 0.3 is 11.5 Å². The maximum Gasteiger partial charge on any atom is 0.416 e. The van der Waals surface area contributed by atoms with Gasteiger partial charge in [0.05, 0.1) is 18.8 Å². The van der Waals surface area contributed by atoms with Crippen molar-refractivity contribution in [2.24, 2.45) is 0 Å². The number of nitrogens with zero attached hydrogens (tertiary/aromatic N) is 3. The number of ether oxygens (including phenoxy) is 1. The molecule has 2 aliphatic rings. The summed E-state index contributed by atoms with van der Waals surface area (Å²) in [4.78, 5) is 16.8. The lowest BCUT2D eigenvalue weighted by atomic mass is 10.1. The van der Waals surface area contributed by atoms with Gasteiger partial charge in [-0.15, -0.1) is 0 Å². The summed E-state index contributed by atoms with van der Waals surface area (Å²) in [6, 6.07) is 3.93. The number of morpholine rings is 1. The summed E-state index contributed by atoms with van der Waals surface area (Å²) in [5, 5.41) is -0.465. The van der Waals surface area contributed by atoms with Crippen LogP contribution < -0.4 is 4.90 Å². The lowest BCUT2D eigenvalue weighted by molar-refractivity contribution is -0.137. The maximum atomic E-state index is 13.1. The fourth-order valence-corrected chi connectivity index (χ4v) is 3.46. The molecule has 0 N–H and O–H groups in total.